The summed E-state index contributed by atoms with van der Waals surface area (Å²) in [6.45, 7) is 2.79. The summed E-state index contributed by atoms with van der Waals surface area (Å²) in [5.41, 5.74) is 1.05. The molecule has 0 aromatic carbocycles. The van der Waals surface area contributed by atoms with Crippen LogP contribution < -0.4 is 0 Å². The molecule has 0 radical (unpaired) electrons. The number of likely N-dealkylation sites (tertiary alicyclic amines) is 2. The van der Waals surface area contributed by atoms with Crippen molar-refractivity contribution in [1.29, 1.82) is 0 Å². The number of nitrogens with one attached hydrogen (secondary N) is 1. The van der Waals surface area contributed by atoms with Crippen LogP contribution in [0.15, 0.2) is 12.5 Å². The van der Waals surface area contributed by atoms with Gasteiger partial charge in [0.05, 0.1) is 12.9 Å². The molecule has 1 atom stereocenters. The molecule has 0 bridgehead atoms. The van der Waals surface area contributed by atoms with E-state index in [9.17, 15) is 9.59 Å². The lowest BCUT2D eigenvalue weighted by Gasteiger charge is -2.48. The molecule has 1 spiro atoms. The van der Waals surface area contributed by atoms with Crippen LogP contribution in [-0.4, -0.2) is 69.5 Å². The fourth-order valence-corrected chi connectivity index (χ4v) is 3.99. The number of aromatic amines is 1. The first-order valence-corrected chi connectivity index (χ1v) is 8.76. The van der Waals surface area contributed by atoms with Crippen molar-refractivity contribution in [2.75, 3.05) is 32.8 Å². The molecular weight excluding hydrogens is 308 g/mol. The van der Waals surface area contributed by atoms with E-state index < -0.39 is 0 Å². The molecule has 2 amide bonds. The Morgan fingerprint density at radius 1 is 1.38 bits per heavy atom. The quantitative estimate of drug-likeness (QED) is 0.824. The highest BCUT2D eigenvalue weighted by Crippen LogP contribution is 2.39. The maximum Gasteiger partial charge on any atom is 0.224 e. The zero-order valence-corrected chi connectivity index (χ0v) is 14.0. The highest BCUT2D eigenvalue weighted by atomic mass is 16.3. The zero-order valence-electron chi connectivity index (χ0n) is 14.0. The van der Waals surface area contributed by atoms with Crippen molar-refractivity contribution in [2.24, 2.45) is 5.41 Å². The number of hydrogen-bond donors (Lipinski definition) is 2. The third-order valence-electron chi connectivity index (χ3n) is 5.29. The predicted octanol–water partition coefficient (Wildman–Crippen LogP) is 0.566. The smallest absolute Gasteiger partial charge is 0.224 e. The number of imidazole rings is 1. The van der Waals surface area contributed by atoms with Crippen LogP contribution in [0.2, 0.25) is 0 Å². The van der Waals surface area contributed by atoms with E-state index in [1.165, 1.54) is 0 Å². The molecule has 0 aliphatic carbocycles. The fourth-order valence-electron chi connectivity index (χ4n) is 3.99. The Morgan fingerprint density at radius 2 is 2.25 bits per heavy atom. The summed E-state index contributed by atoms with van der Waals surface area (Å²) in [6, 6.07) is 0. The van der Waals surface area contributed by atoms with Crippen molar-refractivity contribution in [3.8, 4) is 0 Å². The van der Waals surface area contributed by atoms with Crippen molar-refractivity contribution >= 4 is 11.8 Å². The third kappa shape index (κ3) is 3.77. The molecule has 2 aliphatic rings. The summed E-state index contributed by atoms with van der Waals surface area (Å²) in [4.78, 5) is 35.3. The summed E-state index contributed by atoms with van der Waals surface area (Å²) < 4.78 is 0. The predicted molar refractivity (Wildman–Crippen MR) is 88.1 cm³/mol. The van der Waals surface area contributed by atoms with Crippen LogP contribution in [-0.2, 0) is 16.0 Å². The summed E-state index contributed by atoms with van der Waals surface area (Å²) in [5.74, 6) is 0.233. The lowest BCUT2D eigenvalue weighted by atomic mass is 9.73. The molecule has 7 heteroatoms. The third-order valence-corrected chi connectivity index (χ3v) is 5.29. The van der Waals surface area contributed by atoms with E-state index in [1.54, 1.807) is 12.5 Å². The number of carbonyl (C=O) groups excluding carboxylic acids is 2. The fraction of sp³-hybridized carbons (Fsp3) is 0.706. The van der Waals surface area contributed by atoms with Gasteiger partial charge in [-0.15, -0.1) is 0 Å². The molecule has 0 unspecified atom stereocenters. The second-order valence-corrected chi connectivity index (χ2v) is 7.03. The van der Waals surface area contributed by atoms with Crippen molar-refractivity contribution in [1.82, 2.24) is 19.8 Å². The van der Waals surface area contributed by atoms with Gasteiger partial charge in [-0.1, -0.05) is 0 Å². The molecule has 3 heterocycles. The number of piperidine rings is 2. The molecule has 24 heavy (non-hydrogen) atoms. The number of aliphatic hydroxyl groups excluding tert-OH is 1. The number of nitrogens with zero attached hydrogens (tertiary/aromatic N) is 3. The highest BCUT2D eigenvalue weighted by Gasteiger charge is 2.42. The minimum atomic E-state index is -0.100. The van der Waals surface area contributed by atoms with Gasteiger partial charge in [0.2, 0.25) is 11.8 Å². The number of aliphatic hydroxyl groups is 1. The Labute approximate surface area is 142 Å². The van der Waals surface area contributed by atoms with Crippen molar-refractivity contribution in [3.05, 3.63) is 18.2 Å². The largest absolute Gasteiger partial charge is 0.396 e. The maximum atomic E-state index is 12.3. The van der Waals surface area contributed by atoms with Crippen LogP contribution in [0.4, 0.5) is 0 Å². The molecular formula is C17H26N4O3. The Kier molecular flexibility index (Phi) is 5.18. The van der Waals surface area contributed by atoms with Gasteiger partial charge in [0.1, 0.15) is 0 Å². The topological polar surface area (TPSA) is 89.5 Å². The minimum absolute atomic E-state index is 0.0191. The number of rotatable bonds is 5. The molecule has 2 saturated heterocycles. The number of carbonyl (C=O) groups is 2. The summed E-state index contributed by atoms with van der Waals surface area (Å²) in [7, 11) is 0. The van der Waals surface area contributed by atoms with Gasteiger partial charge >= 0.3 is 0 Å². The molecule has 2 N–H and O–H groups in total. The van der Waals surface area contributed by atoms with Gasteiger partial charge < -0.3 is 19.9 Å². The average molecular weight is 334 g/mol. The van der Waals surface area contributed by atoms with Crippen molar-refractivity contribution in [2.45, 2.75) is 38.5 Å². The van der Waals surface area contributed by atoms with Gasteiger partial charge in [0.15, 0.2) is 0 Å². The second-order valence-electron chi connectivity index (χ2n) is 7.03. The Morgan fingerprint density at radius 3 is 3.00 bits per heavy atom. The van der Waals surface area contributed by atoms with E-state index in [1.807, 2.05) is 9.80 Å². The van der Waals surface area contributed by atoms with E-state index in [4.69, 9.17) is 5.11 Å². The monoisotopic (exact) mass is 334 g/mol. The van der Waals surface area contributed by atoms with E-state index in [0.717, 1.165) is 44.5 Å². The van der Waals surface area contributed by atoms with Crippen LogP contribution >= 0.6 is 0 Å². The van der Waals surface area contributed by atoms with Gasteiger partial charge in [-0.05, 0) is 19.3 Å². The van der Waals surface area contributed by atoms with Gasteiger partial charge in [0, 0.05) is 62.7 Å². The second kappa shape index (κ2) is 7.34. The van der Waals surface area contributed by atoms with Crippen LogP contribution in [0.5, 0.6) is 0 Å². The van der Waals surface area contributed by atoms with E-state index >= 15 is 0 Å². The SMILES string of the molecule is O=C(CCO)N1CCC[C@]2(CCC(=O)N(CCc3cnc[nH]3)C2)C1. The molecule has 132 valence electrons. The average Bonchev–Trinajstić information content (AvgIpc) is 3.10. The number of hydrogen-bond acceptors (Lipinski definition) is 4. The maximum absolute atomic E-state index is 12.3. The lowest BCUT2D eigenvalue weighted by Crippen LogP contribution is -2.55. The molecule has 2 aliphatic heterocycles. The van der Waals surface area contributed by atoms with Crippen LogP contribution in [0.3, 0.4) is 0 Å². The normalized spacial score (nSPS) is 24.6. The van der Waals surface area contributed by atoms with Crippen LogP contribution in [0, 0.1) is 5.41 Å². The molecule has 7 nitrogen and oxygen atoms in total. The van der Waals surface area contributed by atoms with Gasteiger partial charge in [-0.3, -0.25) is 9.59 Å². The van der Waals surface area contributed by atoms with Crippen molar-refractivity contribution < 1.29 is 14.7 Å². The van der Waals surface area contributed by atoms with E-state index in [2.05, 4.69) is 9.97 Å². The lowest BCUT2D eigenvalue weighted by molar-refractivity contribution is -0.143. The molecule has 1 aromatic heterocycles. The van der Waals surface area contributed by atoms with Gasteiger partial charge in [0.25, 0.3) is 0 Å². The number of H-pyrrole nitrogens is 1. The Bertz CT molecular complexity index is 574. The van der Waals surface area contributed by atoms with Gasteiger partial charge in [-0.25, -0.2) is 4.98 Å². The number of aromatic nitrogens is 2. The first kappa shape index (κ1) is 17.0. The Hall–Kier alpha value is -1.89. The van der Waals surface area contributed by atoms with E-state index in [-0.39, 0.29) is 30.3 Å². The van der Waals surface area contributed by atoms with Crippen LogP contribution in [0.1, 0.15) is 37.8 Å². The van der Waals surface area contributed by atoms with Crippen LogP contribution in [0.25, 0.3) is 0 Å². The summed E-state index contributed by atoms with van der Waals surface area (Å²) in [5, 5.41) is 9.00. The van der Waals surface area contributed by atoms with Crippen molar-refractivity contribution in [3.63, 3.8) is 0 Å². The van der Waals surface area contributed by atoms with E-state index in [0.29, 0.717) is 19.5 Å². The summed E-state index contributed by atoms with van der Waals surface area (Å²) in [6.07, 6.45) is 7.86. The van der Waals surface area contributed by atoms with Gasteiger partial charge in [-0.2, -0.15) is 0 Å². The Balaban J connectivity index is 1.62. The number of amides is 2. The summed E-state index contributed by atoms with van der Waals surface area (Å²) >= 11 is 0. The minimum Gasteiger partial charge on any atom is -0.396 e. The first-order chi connectivity index (χ1) is 11.6. The molecule has 0 saturated carbocycles. The molecule has 3 rings (SSSR count). The molecule has 1 aromatic rings. The first-order valence-electron chi connectivity index (χ1n) is 8.76. The zero-order chi connectivity index (χ0) is 17.0. The molecule has 2 fully saturated rings. The standard InChI is InChI=1S/C17H26N4O3/c22-9-4-16(24)20-7-1-5-17(11-20)6-2-15(23)21(12-17)8-3-14-10-18-13-19-14/h10,13,22H,1-9,11-12H2,(H,18,19)/t17-/m0/s1. The highest BCUT2D eigenvalue weighted by molar-refractivity contribution is 5.78.